The van der Waals surface area contributed by atoms with Crippen molar-refractivity contribution in [3.05, 3.63) is 256 Å². The number of fused-ring (bicyclic) bond motifs is 10. The highest BCUT2D eigenvalue weighted by Gasteiger charge is 2.46. The Kier molecular flexibility index (Phi) is 18.3. The minimum Gasteiger partial charge on any atom is -0.311 e. The summed E-state index contributed by atoms with van der Waals surface area (Å²) in [7, 11) is 0. The van der Waals surface area contributed by atoms with Gasteiger partial charge in [-0.05, 0) is 268 Å². The van der Waals surface area contributed by atoms with E-state index < -0.39 is 11.8 Å². The largest absolute Gasteiger partial charge is 0.311 e. The molecule has 11 aromatic carbocycles. The molecule has 5 heteroatoms. The third kappa shape index (κ3) is 15.3. The first-order valence-electron chi connectivity index (χ1n) is 42.6. The molecule has 4 nitrogen and oxygen atoms in total. The molecule has 15 rings (SSSR count). The second-order valence-electron chi connectivity index (χ2n) is 43.5. The lowest BCUT2D eigenvalue weighted by molar-refractivity contribution is 0.411. The first kappa shape index (κ1) is 75.4. The molecule has 0 saturated carbocycles. The Morgan fingerprint density at radius 1 is 0.268 bits per heavy atom. The van der Waals surface area contributed by atoms with Gasteiger partial charge in [0.2, 0.25) is 0 Å². The summed E-state index contributed by atoms with van der Waals surface area (Å²) in [4.78, 5) is 5.18. The van der Waals surface area contributed by atoms with Crippen LogP contribution in [-0.2, 0) is 53.7 Å². The normalized spacial score (nSPS) is 14.4. The van der Waals surface area contributed by atoms with Gasteiger partial charge in [-0.3, -0.25) is 0 Å². The summed E-state index contributed by atoms with van der Waals surface area (Å²) in [5.41, 5.74) is 30.8. The van der Waals surface area contributed by atoms with Crippen molar-refractivity contribution in [3.8, 4) is 33.6 Å². The van der Waals surface area contributed by atoms with Crippen molar-refractivity contribution in [2.45, 2.75) is 241 Å². The fourth-order valence-corrected chi connectivity index (χ4v) is 18.1. The fraction of sp³-hybridized carbons (Fsp3) is 0.383. The number of nitrogens with zero attached hydrogens (tertiary/aromatic N) is 4. The van der Waals surface area contributed by atoms with E-state index in [1.165, 1.54) is 99.0 Å². The van der Waals surface area contributed by atoms with Gasteiger partial charge in [0.25, 0.3) is 6.71 Å². The van der Waals surface area contributed by atoms with E-state index >= 15 is 0 Å². The highest BCUT2D eigenvalue weighted by Crippen LogP contribution is 2.53. The molecule has 0 aliphatic carbocycles. The molecular weight excluding hydrogens is 1350 g/mol. The van der Waals surface area contributed by atoms with Gasteiger partial charge in [-0.2, -0.15) is 0 Å². The maximum Gasteiger partial charge on any atom is 0.252 e. The molecule has 2 aliphatic rings. The average Bonchev–Trinajstić information content (AvgIpc) is 0.710. The number of rotatable bonds is 11. The van der Waals surface area contributed by atoms with Crippen LogP contribution in [0.25, 0.3) is 77.2 Å². The SMILES string of the molecule is [2H]C([2H])(c1cc2c3c(c1)N(c1ccc(C(C)(C)C)cc1-c1cccc(C(C)(C)C)c1)c1cc(-n4c5ccc(CC(C)(C)C)cc5c5cc(CC(C)(C)C)ccc54)ccc1B3c1ccc(-n3c4ccc(CC(C)(C)C)cc4c4cc(CC(C)(C)C)ccc43)cc1N2c1ccc(C(C)(C)C)cc1-c1cccc(C(C)(C)C)c1)C(C)(C)C. The lowest BCUT2D eigenvalue weighted by Crippen LogP contribution is -2.61. The molecule has 0 bridgehead atoms. The first-order chi connectivity index (χ1) is 52.9. The third-order valence-corrected chi connectivity index (χ3v) is 23.1. The molecule has 13 aromatic rings. The molecule has 576 valence electrons. The van der Waals surface area contributed by atoms with Gasteiger partial charge in [0.15, 0.2) is 0 Å². The van der Waals surface area contributed by atoms with Crippen LogP contribution in [-0.4, -0.2) is 15.8 Å². The Bertz CT molecular complexity index is 5490. The number of benzene rings is 11. The van der Waals surface area contributed by atoms with Gasteiger partial charge in [0.1, 0.15) is 0 Å². The van der Waals surface area contributed by atoms with Gasteiger partial charge < -0.3 is 18.9 Å². The van der Waals surface area contributed by atoms with E-state index in [0.717, 1.165) is 98.9 Å². The standard InChI is InChI=1S/C107H125BN4/c1-99(2,3)62-67-34-44-90-82(50-67)83-51-68(63-100(4,5)6)35-45-91(83)109(90)78-40-42-86-94(60-78)111(88-48-38-76(106(22,23)24)58-80(88)72-30-28-32-74(56-72)104(16,17)18)96-54-71(66-103(13,14)15)55-97-98(96)108(86)87-43-41-79(110-92-46-36-69(64-101(7,8)9)52-84(92)85-53-70(37-47-93(85)110)65-102(10,11)12)61-95(87)112(97)89-49-39-77(107(25,26)27)59-81(89)73-31-29-33-75(57-73)105(19,20)21/h28-61H,62-66H2,1-27H3/i66D2. The summed E-state index contributed by atoms with van der Waals surface area (Å²) in [6.07, 6.45) is 1.99. The van der Waals surface area contributed by atoms with Crippen LogP contribution in [0.1, 0.15) is 240 Å². The third-order valence-electron chi connectivity index (χ3n) is 23.1. The summed E-state index contributed by atoms with van der Waals surface area (Å²) in [5.74, 6) is 0. The smallest absolute Gasteiger partial charge is 0.252 e. The Balaban J connectivity index is 1.11. The summed E-state index contributed by atoms with van der Waals surface area (Å²) >= 11 is 0. The fourth-order valence-electron chi connectivity index (χ4n) is 18.1. The number of anilines is 6. The molecule has 4 heterocycles. The van der Waals surface area contributed by atoms with Crippen LogP contribution in [0.2, 0.25) is 0 Å². The monoisotopic (exact) mass is 1480 g/mol. The molecule has 0 unspecified atom stereocenters. The van der Waals surface area contributed by atoms with Crippen molar-refractivity contribution in [1.29, 1.82) is 0 Å². The molecule has 112 heavy (non-hydrogen) atoms. The molecule has 0 N–H and O–H groups in total. The summed E-state index contributed by atoms with van der Waals surface area (Å²) < 4.78 is 26.8. The van der Waals surface area contributed by atoms with Crippen molar-refractivity contribution in [2.24, 2.45) is 27.1 Å². The summed E-state index contributed by atoms with van der Waals surface area (Å²) in [6.45, 7) is 61.9. The lowest BCUT2D eigenvalue weighted by Gasteiger charge is -2.45. The quantitative estimate of drug-likeness (QED) is 0.120. The molecule has 0 fully saturated rings. The molecular formula is C107H125BN4. The van der Waals surface area contributed by atoms with Gasteiger partial charge in [-0.25, -0.2) is 0 Å². The van der Waals surface area contributed by atoms with Crippen molar-refractivity contribution in [2.75, 3.05) is 9.80 Å². The predicted molar refractivity (Wildman–Crippen MR) is 491 cm³/mol. The van der Waals surface area contributed by atoms with Crippen LogP contribution >= 0.6 is 0 Å². The maximum absolute atomic E-state index is 10.9. The zero-order valence-electron chi connectivity index (χ0n) is 74.8. The number of hydrogen-bond donors (Lipinski definition) is 0. The van der Waals surface area contributed by atoms with Gasteiger partial charge in [0, 0.05) is 69.5 Å². The molecule has 0 radical (unpaired) electrons. The van der Waals surface area contributed by atoms with Gasteiger partial charge in [0.05, 0.1) is 33.4 Å². The molecule has 2 aliphatic heterocycles. The zero-order valence-corrected chi connectivity index (χ0v) is 72.8. The van der Waals surface area contributed by atoms with Gasteiger partial charge >= 0.3 is 0 Å². The van der Waals surface area contributed by atoms with Crippen LogP contribution in [0.4, 0.5) is 34.1 Å². The second-order valence-corrected chi connectivity index (χ2v) is 43.5. The molecule has 0 amide bonds. The lowest BCUT2D eigenvalue weighted by atomic mass is 9.33. The van der Waals surface area contributed by atoms with E-state index in [0.29, 0.717) is 5.56 Å². The maximum atomic E-state index is 10.9. The molecule has 0 saturated heterocycles. The van der Waals surface area contributed by atoms with E-state index in [-0.39, 0.29) is 50.0 Å². The minimum atomic E-state index is -1.85. The Labute approximate surface area is 676 Å². The van der Waals surface area contributed by atoms with E-state index in [2.05, 4.69) is 412 Å². The highest BCUT2D eigenvalue weighted by molar-refractivity contribution is 7.00. The minimum absolute atomic E-state index is 0.0943. The van der Waals surface area contributed by atoms with Crippen LogP contribution in [0.5, 0.6) is 0 Å². The predicted octanol–water partition coefficient (Wildman–Crippen LogP) is 28.4. The topological polar surface area (TPSA) is 16.3 Å². The number of hydrogen-bond acceptors (Lipinski definition) is 2. The molecule has 0 spiro atoms. The average molecular weight is 1480 g/mol. The van der Waals surface area contributed by atoms with Crippen LogP contribution in [0, 0.1) is 27.1 Å². The Hall–Kier alpha value is -9.32. The van der Waals surface area contributed by atoms with Crippen molar-refractivity contribution in [3.63, 3.8) is 0 Å². The van der Waals surface area contributed by atoms with Gasteiger partial charge in [-0.1, -0.05) is 284 Å². The van der Waals surface area contributed by atoms with Crippen molar-refractivity contribution in [1.82, 2.24) is 9.13 Å². The van der Waals surface area contributed by atoms with Crippen LogP contribution < -0.4 is 26.2 Å². The zero-order chi connectivity index (χ0) is 82.2. The summed E-state index contributed by atoms with van der Waals surface area (Å²) in [6, 6.07) is 81.4. The Morgan fingerprint density at radius 3 is 0.875 bits per heavy atom. The molecule has 0 atom stereocenters. The number of aromatic nitrogens is 2. The second kappa shape index (κ2) is 27.2. The summed E-state index contributed by atoms with van der Waals surface area (Å²) in [5, 5.41) is 5.04. The molecule has 2 aromatic heterocycles. The van der Waals surface area contributed by atoms with Crippen molar-refractivity contribution < 1.29 is 2.74 Å². The van der Waals surface area contributed by atoms with E-state index in [1.807, 2.05) is 0 Å². The van der Waals surface area contributed by atoms with Crippen LogP contribution in [0.15, 0.2) is 206 Å². The van der Waals surface area contributed by atoms with Crippen molar-refractivity contribution >= 4 is 101 Å². The van der Waals surface area contributed by atoms with E-state index in [9.17, 15) is 2.74 Å². The van der Waals surface area contributed by atoms with Crippen LogP contribution in [0.3, 0.4) is 0 Å². The van der Waals surface area contributed by atoms with E-state index in [4.69, 9.17) is 0 Å². The highest BCUT2D eigenvalue weighted by atomic mass is 15.2. The Morgan fingerprint density at radius 2 is 0.580 bits per heavy atom. The van der Waals surface area contributed by atoms with E-state index in [1.54, 1.807) is 0 Å². The van der Waals surface area contributed by atoms with Gasteiger partial charge in [-0.15, -0.1) is 0 Å². The first-order valence-corrected chi connectivity index (χ1v) is 41.6.